The van der Waals surface area contributed by atoms with Crippen LogP contribution in [0.15, 0.2) is 0 Å². The van der Waals surface area contributed by atoms with Gasteiger partial charge in [0.1, 0.15) is 6.67 Å². The number of hydrogen-bond acceptors (Lipinski definition) is 4. The van der Waals surface area contributed by atoms with Crippen LogP contribution in [0.4, 0.5) is 9.59 Å². The topological polar surface area (TPSA) is 59.1 Å². The standard InChI is InChI=1S/C27H50N2O4/c1-3-5-7-15-21-32-26(30)28(24-17-11-9-12-18-24)23-29(25-19-13-10-14-20-25)27(31)33-22-16-8-6-4-2/h24-25H,3-23H2,1-2H3. The Hall–Kier alpha value is -1.46. The third-order valence-electron chi connectivity index (χ3n) is 7.25. The Morgan fingerprint density at radius 3 is 1.36 bits per heavy atom. The zero-order chi connectivity index (χ0) is 23.7. The van der Waals surface area contributed by atoms with Crippen molar-refractivity contribution in [1.29, 1.82) is 0 Å². The maximum absolute atomic E-state index is 13.2. The van der Waals surface area contributed by atoms with Gasteiger partial charge in [-0.05, 0) is 38.5 Å². The van der Waals surface area contributed by atoms with Gasteiger partial charge in [0.25, 0.3) is 0 Å². The van der Waals surface area contributed by atoms with Crippen molar-refractivity contribution < 1.29 is 19.1 Å². The normalized spacial score (nSPS) is 17.5. The van der Waals surface area contributed by atoms with E-state index in [1.165, 1.54) is 38.5 Å². The van der Waals surface area contributed by atoms with Crippen molar-refractivity contribution in [1.82, 2.24) is 9.80 Å². The Labute approximate surface area is 202 Å². The molecular weight excluding hydrogens is 416 g/mol. The summed E-state index contributed by atoms with van der Waals surface area (Å²) in [5.74, 6) is 0. The van der Waals surface area contributed by atoms with Gasteiger partial charge in [-0.15, -0.1) is 0 Å². The number of rotatable bonds is 14. The average Bonchev–Trinajstić information content (AvgIpc) is 2.85. The van der Waals surface area contributed by atoms with Gasteiger partial charge in [0.15, 0.2) is 0 Å². The van der Waals surface area contributed by atoms with E-state index < -0.39 is 0 Å². The van der Waals surface area contributed by atoms with Gasteiger partial charge in [-0.3, -0.25) is 9.80 Å². The van der Waals surface area contributed by atoms with Crippen LogP contribution < -0.4 is 0 Å². The maximum atomic E-state index is 13.2. The first-order valence-electron chi connectivity index (χ1n) is 14.0. The monoisotopic (exact) mass is 466 g/mol. The first kappa shape index (κ1) is 27.8. The summed E-state index contributed by atoms with van der Waals surface area (Å²) in [5.41, 5.74) is 0. The molecule has 0 unspecified atom stereocenters. The molecule has 2 saturated carbocycles. The second kappa shape index (κ2) is 17.0. The van der Waals surface area contributed by atoms with Gasteiger partial charge >= 0.3 is 12.2 Å². The van der Waals surface area contributed by atoms with Gasteiger partial charge < -0.3 is 9.47 Å². The van der Waals surface area contributed by atoms with Crippen molar-refractivity contribution >= 4 is 12.2 Å². The van der Waals surface area contributed by atoms with E-state index in [-0.39, 0.29) is 24.3 Å². The molecule has 0 N–H and O–H groups in total. The van der Waals surface area contributed by atoms with Gasteiger partial charge in [-0.1, -0.05) is 90.9 Å². The second-order valence-corrected chi connectivity index (χ2v) is 10.0. The molecule has 2 fully saturated rings. The molecule has 0 saturated heterocycles. The highest BCUT2D eigenvalue weighted by Crippen LogP contribution is 2.27. The van der Waals surface area contributed by atoms with Gasteiger partial charge in [-0.25, -0.2) is 9.59 Å². The fourth-order valence-corrected chi connectivity index (χ4v) is 5.14. The molecule has 0 aromatic heterocycles. The number of carbonyl (C=O) groups excluding carboxylic acids is 2. The van der Waals surface area contributed by atoms with Crippen molar-refractivity contribution in [3.8, 4) is 0 Å². The van der Waals surface area contributed by atoms with Crippen molar-refractivity contribution in [2.45, 2.75) is 142 Å². The number of hydrogen-bond donors (Lipinski definition) is 0. The van der Waals surface area contributed by atoms with Crippen LogP contribution in [0.3, 0.4) is 0 Å². The Morgan fingerprint density at radius 2 is 1.00 bits per heavy atom. The van der Waals surface area contributed by atoms with E-state index in [0.717, 1.165) is 77.0 Å². The zero-order valence-corrected chi connectivity index (χ0v) is 21.5. The summed E-state index contributed by atoms with van der Waals surface area (Å²) in [7, 11) is 0. The third kappa shape index (κ3) is 10.6. The number of amides is 2. The van der Waals surface area contributed by atoms with Crippen LogP contribution in [-0.2, 0) is 9.47 Å². The van der Waals surface area contributed by atoms with E-state index in [9.17, 15) is 9.59 Å². The molecule has 192 valence electrons. The third-order valence-corrected chi connectivity index (χ3v) is 7.25. The highest BCUT2D eigenvalue weighted by atomic mass is 16.6. The molecule has 0 aromatic carbocycles. The minimum Gasteiger partial charge on any atom is -0.449 e. The Balaban J connectivity index is 2.02. The molecule has 2 rings (SSSR count). The van der Waals surface area contributed by atoms with Crippen LogP contribution in [0, 0.1) is 0 Å². The molecule has 33 heavy (non-hydrogen) atoms. The van der Waals surface area contributed by atoms with Crippen LogP contribution in [-0.4, -0.2) is 54.0 Å². The molecule has 0 spiro atoms. The number of ether oxygens (including phenoxy) is 2. The van der Waals surface area contributed by atoms with Gasteiger partial charge in [0.2, 0.25) is 0 Å². The quantitative estimate of drug-likeness (QED) is 0.195. The number of unbranched alkanes of at least 4 members (excludes halogenated alkanes) is 6. The zero-order valence-electron chi connectivity index (χ0n) is 21.5. The number of nitrogens with zero attached hydrogens (tertiary/aromatic N) is 2. The first-order valence-corrected chi connectivity index (χ1v) is 14.0. The number of carbonyl (C=O) groups is 2. The van der Waals surface area contributed by atoms with Crippen molar-refractivity contribution in [2.24, 2.45) is 0 Å². The molecule has 0 radical (unpaired) electrons. The summed E-state index contributed by atoms with van der Waals surface area (Å²) in [6.45, 7) is 5.59. The lowest BCUT2D eigenvalue weighted by atomic mass is 9.93. The summed E-state index contributed by atoms with van der Waals surface area (Å²) >= 11 is 0. The van der Waals surface area contributed by atoms with Gasteiger partial charge in [0.05, 0.1) is 13.2 Å². The molecule has 2 aliphatic rings. The summed E-state index contributed by atoms with van der Waals surface area (Å²) < 4.78 is 11.4. The van der Waals surface area contributed by atoms with E-state index in [1.807, 2.05) is 9.80 Å². The summed E-state index contributed by atoms with van der Waals surface area (Å²) in [6.07, 6.45) is 19.1. The Kier molecular flexibility index (Phi) is 14.4. The van der Waals surface area contributed by atoms with E-state index in [0.29, 0.717) is 19.9 Å². The van der Waals surface area contributed by atoms with Crippen LogP contribution in [0.5, 0.6) is 0 Å². The first-order chi connectivity index (χ1) is 16.2. The fourth-order valence-electron chi connectivity index (χ4n) is 5.14. The lowest BCUT2D eigenvalue weighted by Crippen LogP contribution is -2.53. The molecular formula is C27H50N2O4. The predicted molar refractivity (Wildman–Crippen MR) is 133 cm³/mol. The minimum absolute atomic E-state index is 0.158. The van der Waals surface area contributed by atoms with Crippen LogP contribution in [0.25, 0.3) is 0 Å². The molecule has 0 bridgehead atoms. The van der Waals surface area contributed by atoms with E-state index in [2.05, 4.69) is 13.8 Å². The van der Waals surface area contributed by atoms with Crippen LogP contribution in [0.1, 0.15) is 129 Å². The Morgan fingerprint density at radius 1 is 0.606 bits per heavy atom. The van der Waals surface area contributed by atoms with Crippen LogP contribution in [0.2, 0.25) is 0 Å². The van der Waals surface area contributed by atoms with Crippen LogP contribution >= 0.6 is 0 Å². The average molecular weight is 467 g/mol. The smallest absolute Gasteiger partial charge is 0.411 e. The van der Waals surface area contributed by atoms with Gasteiger partial charge in [-0.2, -0.15) is 0 Å². The molecule has 2 amide bonds. The molecule has 2 aliphatic carbocycles. The van der Waals surface area contributed by atoms with Crippen molar-refractivity contribution in [2.75, 3.05) is 19.9 Å². The summed E-state index contributed by atoms with van der Waals surface area (Å²) in [6, 6.07) is 0.315. The molecule has 6 heteroatoms. The summed E-state index contributed by atoms with van der Waals surface area (Å²) in [5, 5.41) is 0. The lowest BCUT2D eigenvalue weighted by Gasteiger charge is -2.40. The van der Waals surface area contributed by atoms with E-state index in [4.69, 9.17) is 9.47 Å². The molecule has 0 heterocycles. The molecule has 0 atom stereocenters. The minimum atomic E-state index is -0.255. The van der Waals surface area contributed by atoms with Gasteiger partial charge in [0, 0.05) is 12.1 Å². The highest BCUT2D eigenvalue weighted by Gasteiger charge is 2.34. The SMILES string of the molecule is CCCCCCOC(=O)N(CN(C(=O)OCCCCCC)C1CCCCC1)C1CCCCC1. The maximum Gasteiger partial charge on any atom is 0.411 e. The molecule has 6 nitrogen and oxygen atoms in total. The molecule has 0 aliphatic heterocycles. The fraction of sp³-hybridized carbons (Fsp3) is 0.926. The molecule has 0 aromatic rings. The second-order valence-electron chi connectivity index (χ2n) is 10.0. The largest absolute Gasteiger partial charge is 0.449 e. The van der Waals surface area contributed by atoms with E-state index in [1.54, 1.807) is 0 Å². The summed E-state index contributed by atoms with van der Waals surface area (Å²) in [4.78, 5) is 30.1. The predicted octanol–water partition coefficient (Wildman–Crippen LogP) is 7.65. The van der Waals surface area contributed by atoms with Crippen molar-refractivity contribution in [3.05, 3.63) is 0 Å². The van der Waals surface area contributed by atoms with E-state index >= 15 is 0 Å². The highest BCUT2D eigenvalue weighted by molar-refractivity contribution is 5.71. The Bertz CT molecular complexity index is 484. The van der Waals surface area contributed by atoms with Crippen molar-refractivity contribution in [3.63, 3.8) is 0 Å². The lowest BCUT2D eigenvalue weighted by molar-refractivity contribution is 0.0178.